The summed E-state index contributed by atoms with van der Waals surface area (Å²) < 4.78 is 6.53. The lowest BCUT2D eigenvalue weighted by molar-refractivity contribution is -0.925. The molecule has 0 spiro atoms. The molecule has 0 N–H and O–H groups in total. The van der Waals surface area contributed by atoms with Crippen LogP contribution in [0.25, 0.3) is 0 Å². The lowest BCUT2D eigenvalue weighted by Crippen LogP contribution is -2.54. The van der Waals surface area contributed by atoms with Crippen LogP contribution in [-0.4, -0.2) is 49.8 Å². The molecule has 0 heterocycles. The highest BCUT2D eigenvalue weighted by atomic mass is 16.5. The van der Waals surface area contributed by atoms with Crippen LogP contribution in [-0.2, 0) is 9.53 Å². The summed E-state index contributed by atoms with van der Waals surface area (Å²) in [5, 5.41) is 11.5. The minimum Gasteiger partial charge on any atom is -0.550 e. The fourth-order valence-electron chi connectivity index (χ4n) is 4.35. The van der Waals surface area contributed by atoms with Crippen LogP contribution in [0.3, 0.4) is 0 Å². The molecular formula is C26H53NO3. The number of carboxylic acids is 1. The van der Waals surface area contributed by atoms with Crippen LogP contribution < -0.4 is 5.11 Å². The van der Waals surface area contributed by atoms with Crippen LogP contribution >= 0.6 is 0 Å². The summed E-state index contributed by atoms with van der Waals surface area (Å²) in [6.45, 7) is 13.1. The van der Waals surface area contributed by atoms with E-state index in [1.807, 2.05) is 0 Å². The normalized spacial score (nSPS) is 12.9. The van der Waals surface area contributed by atoms with Gasteiger partial charge in [0.25, 0.3) is 0 Å². The van der Waals surface area contributed by atoms with Gasteiger partial charge in [-0.3, -0.25) is 0 Å². The van der Waals surface area contributed by atoms with Gasteiger partial charge in [0, 0.05) is 6.61 Å². The first-order chi connectivity index (χ1) is 14.5. The van der Waals surface area contributed by atoms with E-state index in [2.05, 4.69) is 27.7 Å². The van der Waals surface area contributed by atoms with Gasteiger partial charge in [-0.25, -0.2) is 0 Å². The standard InChI is InChI=1S/C26H53NO3/c1-5-9-10-11-12-13-14-15-16-17-18-19-20-21-22-30-24-25(26(28)29)23-27(6-2,7-3)8-4/h25H,5-24H2,1-4H3. The van der Waals surface area contributed by atoms with Crippen molar-refractivity contribution >= 4 is 5.97 Å². The number of ether oxygens (including phenoxy) is 1. The summed E-state index contributed by atoms with van der Waals surface area (Å²) in [7, 11) is 0. The quantitative estimate of drug-likeness (QED) is 0.155. The first kappa shape index (κ1) is 29.4. The predicted molar refractivity (Wildman–Crippen MR) is 126 cm³/mol. The largest absolute Gasteiger partial charge is 0.550 e. The van der Waals surface area contributed by atoms with Crippen molar-refractivity contribution in [2.24, 2.45) is 5.92 Å². The molecule has 0 aliphatic carbocycles. The third-order valence-electron chi connectivity index (χ3n) is 6.91. The third kappa shape index (κ3) is 15.2. The van der Waals surface area contributed by atoms with Crippen LogP contribution in [0.5, 0.6) is 0 Å². The number of hydrogen-bond acceptors (Lipinski definition) is 3. The third-order valence-corrected chi connectivity index (χ3v) is 6.91. The smallest absolute Gasteiger partial charge is 0.0890 e. The zero-order chi connectivity index (χ0) is 22.5. The van der Waals surface area contributed by atoms with Crippen molar-refractivity contribution in [3.8, 4) is 0 Å². The highest BCUT2D eigenvalue weighted by Gasteiger charge is 2.27. The average Bonchev–Trinajstić information content (AvgIpc) is 2.75. The van der Waals surface area contributed by atoms with E-state index in [1.165, 1.54) is 83.5 Å². The Morgan fingerprint density at radius 3 is 1.47 bits per heavy atom. The highest BCUT2D eigenvalue weighted by Crippen LogP contribution is 2.14. The molecule has 30 heavy (non-hydrogen) atoms. The van der Waals surface area contributed by atoms with E-state index < -0.39 is 11.9 Å². The van der Waals surface area contributed by atoms with Crippen LogP contribution in [0.1, 0.15) is 118 Å². The summed E-state index contributed by atoms with van der Waals surface area (Å²) in [6, 6.07) is 0. The molecule has 0 aromatic carbocycles. The van der Waals surface area contributed by atoms with Crippen molar-refractivity contribution in [3.63, 3.8) is 0 Å². The van der Waals surface area contributed by atoms with Gasteiger partial charge in [-0.2, -0.15) is 0 Å². The van der Waals surface area contributed by atoms with Gasteiger partial charge < -0.3 is 19.1 Å². The van der Waals surface area contributed by atoms with Gasteiger partial charge in [0.1, 0.15) is 0 Å². The van der Waals surface area contributed by atoms with Gasteiger partial charge in [-0.15, -0.1) is 0 Å². The summed E-state index contributed by atoms with van der Waals surface area (Å²) >= 11 is 0. The second-order valence-corrected chi connectivity index (χ2v) is 9.16. The number of nitrogens with zero attached hydrogens (tertiary/aromatic N) is 1. The number of unbranched alkanes of at least 4 members (excludes halogenated alkanes) is 13. The molecule has 0 aliphatic heterocycles. The molecule has 0 amide bonds. The second kappa shape index (κ2) is 20.3. The monoisotopic (exact) mass is 427 g/mol. The van der Waals surface area contributed by atoms with Crippen molar-refractivity contribution in [1.29, 1.82) is 0 Å². The van der Waals surface area contributed by atoms with Gasteiger partial charge >= 0.3 is 0 Å². The van der Waals surface area contributed by atoms with E-state index in [4.69, 9.17) is 4.74 Å². The molecule has 0 bridgehead atoms. The lowest BCUT2D eigenvalue weighted by atomic mass is 10.0. The Balaban J connectivity index is 3.59. The van der Waals surface area contributed by atoms with Gasteiger partial charge in [0.2, 0.25) is 0 Å². The minimum absolute atomic E-state index is 0.292. The number of quaternary nitrogens is 1. The lowest BCUT2D eigenvalue weighted by Gasteiger charge is -2.38. The molecule has 0 radical (unpaired) electrons. The molecule has 0 saturated carbocycles. The minimum atomic E-state index is -0.964. The number of aliphatic carboxylic acids is 1. The molecule has 1 unspecified atom stereocenters. The van der Waals surface area contributed by atoms with Gasteiger partial charge in [-0.1, -0.05) is 90.4 Å². The molecule has 4 heteroatoms. The van der Waals surface area contributed by atoms with E-state index in [9.17, 15) is 9.90 Å². The Labute approximate surface area is 188 Å². The van der Waals surface area contributed by atoms with Crippen molar-refractivity contribution in [2.75, 3.05) is 39.4 Å². The Bertz CT molecular complexity index is 374. The number of carboxylic acid groups (broad SMARTS) is 1. The Kier molecular flexibility index (Phi) is 19.9. The molecule has 0 aliphatic rings. The van der Waals surface area contributed by atoms with E-state index in [-0.39, 0.29) is 0 Å². The van der Waals surface area contributed by atoms with Gasteiger partial charge in [0.05, 0.1) is 44.7 Å². The van der Waals surface area contributed by atoms with E-state index in [0.29, 0.717) is 19.8 Å². The fourth-order valence-corrected chi connectivity index (χ4v) is 4.35. The Hall–Kier alpha value is -0.610. The fraction of sp³-hybridized carbons (Fsp3) is 0.962. The maximum Gasteiger partial charge on any atom is 0.0890 e. The summed E-state index contributed by atoms with van der Waals surface area (Å²) in [5.41, 5.74) is 0. The molecule has 0 saturated heterocycles. The number of hydrogen-bond donors (Lipinski definition) is 0. The molecule has 0 aromatic rings. The van der Waals surface area contributed by atoms with Crippen molar-refractivity contribution in [1.82, 2.24) is 0 Å². The summed E-state index contributed by atoms with van der Waals surface area (Å²) in [6.07, 6.45) is 18.8. The molecule has 0 fully saturated rings. The van der Waals surface area contributed by atoms with Crippen LogP contribution in [0.15, 0.2) is 0 Å². The molecule has 1 atom stereocenters. The molecule has 4 nitrogen and oxygen atoms in total. The maximum absolute atomic E-state index is 11.5. The topological polar surface area (TPSA) is 49.4 Å². The molecule has 0 rings (SSSR count). The van der Waals surface area contributed by atoms with Crippen molar-refractivity contribution < 1.29 is 19.1 Å². The van der Waals surface area contributed by atoms with Gasteiger partial charge in [-0.05, 0) is 27.2 Å². The SMILES string of the molecule is CCCCCCCCCCCCCCCCOCC(C[N+](CC)(CC)CC)C(=O)[O-]. The maximum atomic E-state index is 11.5. The van der Waals surface area contributed by atoms with E-state index in [1.54, 1.807) is 0 Å². The van der Waals surface area contributed by atoms with Crippen molar-refractivity contribution in [2.45, 2.75) is 118 Å². The zero-order valence-corrected chi connectivity index (χ0v) is 20.9. The molecular weight excluding hydrogens is 374 g/mol. The zero-order valence-electron chi connectivity index (χ0n) is 20.9. The van der Waals surface area contributed by atoms with Gasteiger partial charge in [0.15, 0.2) is 0 Å². The number of carbonyl (C=O) groups excluding carboxylic acids is 1. The Morgan fingerprint density at radius 1 is 0.700 bits per heavy atom. The summed E-state index contributed by atoms with van der Waals surface area (Å²) in [4.78, 5) is 11.5. The Morgan fingerprint density at radius 2 is 1.10 bits per heavy atom. The number of carbonyl (C=O) groups is 1. The van der Waals surface area contributed by atoms with E-state index >= 15 is 0 Å². The van der Waals surface area contributed by atoms with Crippen molar-refractivity contribution in [3.05, 3.63) is 0 Å². The average molecular weight is 428 g/mol. The highest BCUT2D eigenvalue weighted by molar-refractivity contribution is 5.67. The van der Waals surface area contributed by atoms with Crippen LogP contribution in [0.4, 0.5) is 0 Å². The molecule has 180 valence electrons. The van der Waals surface area contributed by atoms with Crippen LogP contribution in [0, 0.1) is 5.92 Å². The molecule has 0 aromatic heterocycles. The van der Waals surface area contributed by atoms with E-state index in [0.717, 1.165) is 30.5 Å². The second-order valence-electron chi connectivity index (χ2n) is 9.16. The first-order valence-electron chi connectivity index (χ1n) is 13.2. The number of rotatable bonds is 23. The predicted octanol–water partition coefficient (Wildman–Crippen LogP) is 5.73. The van der Waals surface area contributed by atoms with Crippen LogP contribution in [0.2, 0.25) is 0 Å². The summed E-state index contributed by atoms with van der Waals surface area (Å²) in [5.74, 6) is -1.47. The first-order valence-corrected chi connectivity index (χ1v) is 13.2.